The van der Waals surface area contributed by atoms with Gasteiger partial charge >= 0.3 is 5.97 Å². The summed E-state index contributed by atoms with van der Waals surface area (Å²) in [6.45, 7) is 0. The lowest BCUT2D eigenvalue weighted by atomic mass is 9.77. The van der Waals surface area contributed by atoms with Gasteiger partial charge in [0.2, 0.25) is 0 Å². The van der Waals surface area contributed by atoms with Crippen LogP contribution in [0.25, 0.3) is 97.0 Å². The zero-order valence-corrected chi connectivity index (χ0v) is 21.2. The Morgan fingerprint density at radius 1 is 0.514 bits per heavy atom. The van der Waals surface area contributed by atoms with Crippen LogP contribution in [0.2, 0.25) is 0 Å². The van der Waals surface area contributed by atoms with Crippen LogP contribution in [0.5, 0.6) is 0 Å². The van der Waals surface area contributed by atoms with Crippen LogP contribution in [0, 0.1) is 0 Å². The molecule has 10 aromatic rings. The monoisotopic (exact) mass is 534 g/mol. The maximum Gasteiger partial charge on any atom is 0.338 e. The molecule has 0 aliphatic rings. The zero-order valence-electron chi connectivity index (χ0n) is 19.6. The highest BCUT2D eigenvalue weighted by Crippen LogP contribution is 2.55. The third kappa shape index (κ3) is 1.90. The summed E-state index contributed by atoms with van der Waals surface area (Å²) in [5.41, 5.74) is 0.626. The summed E-state index contributed by atoms with van der Waals surface area (Å²) in [5.74, 6) is -0.295. The van der Waals surface area contributed by atoms with Crippen molar-refractivity contribution in [1.82, 2.24) is 0 Å². The topological polar surface area (TPSA) is 26.3 Å². The molecule has 10 aromatic carbocycles. The van der Waals surface area contributed by atoms with E-state index in [-0.39, 0.29) is 5.97 Å². The lowest BCUT2D eigenvalue weighted by Gasteiger charge is -2.26. The number of halogens is 1. The summed E-state index contributed by atoms with van der Waals surface area (Å²) < 4.78 is 6.39. The van der Waals surface area contributed by atoms with Crippen molar-refractivity contribution in [1.29, 1.82) is 0 Å². The van der Waals surface area contributed by atoms with Gasteiger partial charge in [-0.25, -0.2) is 4.79 Å². The first-order valence-corrected chi connectivity index (χ1v) is 13.3. The van der Waals surface area contributed by atoms with Crippen LogP contribution < -0.4 is 0 Å². The zero-order chi connectivity index (χ0) is 24.3. The minimum atomic E-state index is -0.295. The maximum atomic E-state index is 13.1. The number of ether oxygens (including phenoxy) is 1. The molecule has 3 heteroatoms. The number of hydrogen-bond donors (Lipinski definition) is 0. The first-order chi connectivity index (χ1) is 18.1. The average molecular weight is 535 g/mol. The molecule has 0 amide bonds. The second-order valence-corrected chi connectivity index (χ2v) is 11.3. The molecule has 0 radical (unpaired) electrons. The van der Waals surface area contributed by atoms with Gasteiger partial charge in [0.1, 0.15) is 0 Å². The Labute approximate surface area is 217 Å². The van der Waals surface area contributed by atoms with E-state index in [0.29, 0.717) is 5.56 Å². The van der Waals surface area contributed by atoms with Gasteiger partial charge in [-0.3, -0.25) is 0 Å². The van der Waals surface area contributed by atoms with Crippen LogP contribution in [0.15, 0.2) is 77.3 Å². The number of carbonyl (C=O) groups excluding carboxylic acids is 1. The van der Waals surface area contributed by atoms with Crippen molar-refractivity contribution in [2.75, 3.05) is 7.11 Å². The fourth-order valence-corrected chi connectivity index (χ4v) is 8.17. The number of rotatable bonds is 1. The van der Waals surface area contributed by atoms with Crippen molar-refractivity contribution in [3.63, 3.8) is 0 Å². The Kier molecular flexibility index (Phi) is 3.00. The Morgan fingerprint density at radius 2 is 1.00 bits per heavy atom. The van der Waals surface area contributed by atoms with E-state index < -0.39 is 0 Å². The molecule has 0 aromatic heterocycles. The minimum Gasteiger partial charge on any atom is -0.465 e. The van der Waals surface area contributed by atoms with E-state index in [0.717, 1.165) is 15.2 Å². The lowest BCUT2D eigenvalue weighted by Crippen LogP contribution is -2.04. The first-order valence-electron chi connectivity index (χ1n) is 12.5. The van der Waals surface area contributed by atoms with Gasteiger partial charge in [0, 0.05) is 4.47 Å². The quantitative estimate of drug-likeness (QED) is 0.119. The van der Waals surface area contributed by atoms with E-state index >= 15 is 0 Å². The largest absolute Gasteiger partial charge is 0.465 e. The molecular weight excluding hydrogens is 520 g/mol. The van der Waals surface area contributed by atoms with Crippen LogP contribution in [0.3, 0.4) is 0 Å². The molecule has 10 rings (SSSR count). The van der Waals surface area contributed by atoms with Gasteiger partial charge in [-0.1, -0.05) is 64.5 Å². The third-order valence-corrected chi connectivity index (χ3v) is 9.58. The summed E-state index contributed by atoms with van der Waals surface area (Å²) in [6, 6.07) is 26.7. The molecule has 170 valence electrons. The van der Waals surface area contributed by atoms with Gasteiger partial charge < -0.3 is 4.74 Å². The van der Waals surface area contributed by atoms with Crippen molar-refractivity contribution in [3.8, 4) is 0 Å². The third-order valence-electron chi connectivity index (χ3n) is 8.92. The van der Waals surface area contributed by atoms with Gasteiger partial charge in [0.05, 0.1) is 12.7 Å². The minimum absolute atomic E-state index is 0.295. The SMILES string of the molecule is COC(=O)c1cc2ccc3c(Br)cc4cc5ccc6ccc7ccc8cc1c1c2c3c4c2c5c6c7c8c12. The first kappa shape index (κ1) is 19.0. The molecule has 0 N–H and O–H groups in total. The number of esters is 1. The molecule has 0 bridgehead atoms. The summed E-state index contributed by atoms with van der Waals surface area (Å²) in [4.78, 5) is 13.1. The van der Waals surface area contributed by atoms with Gasteiger partial charge in [0.25, 0.3) is 0 Å². The van der Waals surface area contributed by atoms with Gasteiger partial charge in [-0.05, 0) is 121 Å². The number of methoxy groups -OCH3 is 1. The molecule has 0 atom stereocenters. The molecule has 0 unspecified atom stereocenters. The molecule has 0 aliphatic carbocycles. The average Bonchev–Trinajstić information content (AvgIpc) is 2.93. The highest BCUT2D eigenvalue weighted by atomic mass is 79.9. The van der Waals surface area contributed by atoms with Crippen molar-refractivity contribution < 1.29 is 9.53 Å². The predicted octanol–water partition coefficient (Wildman–Crippen LogP) is 9.80. The summed E-state index contributed by atoms with van der Waals surface area (Å²) in [5, 5.41) is 22.4. The smallest absolute Gasteiger partial charge is 0.338 e. The second kappa shape index (κ2) is 5.85. The Morgan fingerprint density at radius 3 is 1.70 bits per heavy atom. The van der Waals surface area contributed by atoms with Crippen LogP contribution in [0.4, 0.5) is 0 Å². The lowest BCUT2D eigenvalue weighted by molar-refractivity contribution is 0.0603. The highest BCUT2D eigenvalue weighted by Gasteiger charge is 2.28. The number of benzene rings is 10. The normalized spacial score (nSPS) is 13.2. The van der Waals surface area contributed by atoms with Crippen molar-refractivity contribution in [2.45, 2.75) is 0 Å². The standard InChI is InChI=1S/C34H15BrO2/c1-37-34(36)22-12-18-8-9-20-23(35)13-19-10-16-6-4-14-2-3-15-5-7-17-11-21(22)31-28(18)30(20)29(19)32-26(16)24(14)25(15)27(17)33(31)32/h2-13H,1H3. The van der Waals surface area contributed by atoms with Crippen LogP contribution in [-0.2, 0) is 4.74 Å². The van der Waals surface area contributed by atoms with E-state index in [1.807, 2.05) is 6.07 Å². The van der Waals surface area contributed by atoms with Crippen LogP contribution >= 0.6 is 15.9 Å². The molecule has 0 fully saturated rings. The predicted molar refractivity (Wildman–Crippen MR) is 159 cm³/mol. The number of hydrogen-bond acceptors (Lipinski definition) is 2. The van der Waals surface area contributed by atoms with E-state index in [4.69, 9.17) is 4.74 Å². The molecule has 0 spiro atoms. The van der Waals surface area contributed by atoms with E-state index in [1.54, 1.807) is 0 Å². The van der Waals surface area contributed by atoms with Gasteiger partial charge in [-0.15, -0.1) is 0 Å². The summed E-state index contributed by atoms with van der Waals surface area (Å²) >= 11 is 3.89. The number of carbonyl (C=O) groups is 1. The Balaban J connectivity index is 1.74. The maximum absolute atomic E-state index is 13.1. The van der Waals surface area contributed by atoms with Crippen LogP contribution in [-0.4, -0.2) is 13.1 Å². The summed E-state index contributed by atoms with van der Waals surface area (Å²) in [7, 11) is 1.47. The summed E-state index contributed by atoms with van der Waals surface area (Å²) in [6.07, 6.45) is 0. The van der Waals surface area contributed by atoms with Crippen molar-refractivity contribution in [2.24, 2.45) is 0 Å². The fraction of sp³-hybridized carbons (Fsp3) is 0.0294. The molecule has 0 aliphatic heterocycles. The van der Waals surface area contributed by atoms with E-state index in [1.165, 1.54) is 93.3 Å². The van der Waals surface area contributed by atoms with E-state index in [9.17, 15) is 4.79 Å². The molecule has 0 heterocycles. The molecule has 37 heavy (non-hydrogen) atoms. The van der Waals surface area contributed by atoms with Crippen molar-refractivity contribution in [3.05, 3.63) is 82.8 Å². The Hall–Kier alpha value is -4.21. The fourth-order valence-electron chi connectivity index (χ4n) is 7.59. The van der Waals surface area contributed by atoms with Gasteiger partial charge in [-0.2, -0.15) is 0 Å². The van der Waals surface area contributed by atoms with Crippen LogP contribution in [0.1, 0.15) is 10.4 Å². The Bertz CT molecular complexity index is 2570. The highest BCUT2D eigenvalue weighted by molar-refractivity contribution is 9.10. The second-order valence-electron chi connectivity index (χ2n) is 10.5. The van der Waals surface area contributed by atoms with E-state index in [2.05, 4.69) is 82.7 Å². The molecule has 0 saturated carbocycles. The molecular formula is C34H15BrO2. The van der Waals surface area contributed by atoms with Crippen molar-refractivity contribution >= 4 is 119 Å². The van der Waals surface area contributed by atoms with Gasteiger partial charge in [0.15, 0.2) is 0 Å². The molecule has 0 saturated heterocycles. The molecule has 2 nitrogen and oxygen atoms in total.